The molecule has 2 saturated heterocycles. The largest absolute Gasteiger partial charge is 0.363 e. The summed E-state index contributed by atoms with van der Waals surface area (Å²) in [5, 5.41) is 6.15. The zero-order valence-corrected chi connectivity index (χ0v) is 17.0. The number of nitrogens with one attached hydrogen (secondary N) is 2. The third kappa shape index (κ3) is 3.47. The zero-order chi connectivity index (χ0) is 20.7. The molecule has 0 amide bonds. The quantitative estimate of drug-likeness (QED) is 0.644. The Morgan fingerprint density at radius 2 is 2.07 bits per heavy atom. The van der Waals surface area contributed by atoms with Gasteiger partial charge in [-0.15, -0.1) is 0 Å². The third-order valence-electron chi connectivity index (χ3n) is 5.47. The summed E-state index contributed by atoms with van der Waals surface area (Å²) in [5.41, 5.74) is 1.94. The van der Waals surface area contributed by atoms with Gasteiger partial charge >= 0.3 is 0 Å². The van der Waals surface area contributed by atoms with E-state index in [-0.39, 0.29) is 11.8 Å². The van der Waals surface area contributed by atoms with Crippen LogP contribution in [0.25, 0.3) is 17.0 Å². The number of hydrogen-bond acceptors (Lipinski definition) is 7. The van der Waals surface area contributed by atoms with Gasteiger partial charge in [-0.2, -0.15) is 0 Å². The monoisotopic (exact) mass is 431 g/mol. The van der Waals surface area contributed by atoms with Crippen molar-refractivity contribution >= 4 is 27.3 Å². The third-order valence-corrected chi connectivity index (χ3v) is 7.32. The van der Waals surface area contributed by atoms with Crippen molar-refractivity contribution in [2.24, 2.45) is 0 Å². The van der Waals surface area contributed by atoms with Crippen LogP contribution < -0.4 is 14.9 Å². The summed E-state index contributed by atoms with van der Waals surface area (Å²) < 4.78 is 42.0. The number of sulfonamides is 1. The second kappa shape index (κ2) is 7.47. The number of imidazole rings is 1. The van der Waals surface area contributed by atoms with E-state index in [0.29, 0.717) is 54.7 Å². The molecule has 30 heavy (non-hydrogen) atoms. The summed E-state index contributed by atoms with van der Waals surface area (Å²) in [6, 6.07) is 5.16. The summed E-state index contributed by atoms with van der Waals surface area (Å²) in [5.74, 6) is 1.07. The van der Waals surface area contributed by atoms with E-state index in [1.54, 1.807) is 29.1 Å². The van der Waals surface area contributed by atoms with Crippen molar-refractivity contribution in [2.45, 2.75) is 25.1 Å². The van der Waals surface area contributed by atoms with Gasteiger partial charge in [0.25, 0.3) is 0 Å². The predicted octanol–water partition coefficient (Wildman–Crippen LogP) is 1.44. The van der Waals surface area contributed by atoms with E-state index in [9.17, 15) is 12.8 Å². The number of pyridine rings is 1. The second-order valence-electron chi connectivity index (χ2n) is 7.55. The highest BCUT2D eigenvalue weighted by Crippen LogP contribution is 2.25. The average molecular weight is 431 g/mol. The average Bonchev–Trinajstić information content (AvgIpc) is 3.33. The maximum atomic E-state index is 13.9. The van der Waals surface area contributed by atoms with Crippen molar-refractivity contribution in [3.05, 3.63) is 36.8 Å². The van der Waals surface area contributed by atoms with E-state index in [1.807, 2.05) is 12.1 Å². The lowest BCUT2D eigenvalue weighted by molar-refractivity contribution is 0.342. The standard InChI is InChI=1S/C19H22FN7O2S/c20-13-8-21-9-15(13)25-17-5-3-4-14(24-17)16-10-22-18-11-23-19(12-26(16)18)27-6-1-2-7-30(27,28)29/h3-5,10-13,15,21H,1-2,6-9H2,(H,24,25)/t13-,15-/m0/s1. The maximum Gasteiger partial charge on any atom is 0.236 e. The van der Waals surface area contributed by atoms with Gasteiger partial charge in [0.05, 0.1) is 41.8 Å². The van der Waals surface area contributed by atoms with Crippen LogP contribution in [0.1, 0.15) is 12.8 Å². The fraction of sp³-hybridized carbons (Fsp3) is 0.421. The van der Waals surface area contributed by atoms with Gasteiger partial charge in [0.15, 0.2) is 11.5 Å². The topological polar surface area (TPSA) is 105 Å². The lowest BCUT2D eigenvalue weighted by atomic mass is 10.2. The van der Waals surface area contributed by atoms with Gasteiger partial charge in [0.1, 0.15) is 12.0 Å². The molecule has 5 rings (SSSR count). The number of nitrogens with zero attached hydrogens (tertiary/aromatic N) is 5. The molecule has 0 unspecified atom stereocenters. The summed E-state index contributed by atoms with van der Waals surface area (Å²) in [6.45, 7) is 1.30. The van der Waals surface area contributed by atoms with Gasteiger partial charge in [0.2, 0.25) is 10.0 Å². The molecule has 2 fully saturated rings. The minimum Gasteiger partial charge on any atom is -0.363 e. The predicted molar refractivity (Wildman–Crippen MR) is 112 cm³/mol. The number of halogens is 1. The maximum absolute atomic E-state index is 13.9. The van der Waals surface area contributed by atoms with Crippen LogP contribution in [0, 0.1) is 0 Å². The van der Waals surface area contributed by atoms with Crippen molar-refractivity contribution in [1.29, 1.82) is 0 Å². The van der Waals surface area contributed by atoms with Crippen molar-refractivity contribution in [3.63, 3.8) is 0 Å². The fourth-order valence-corrected chi connectivity index (χ4v) is 5.46. The van der Waals surface area contributed by atoms with E-state index in [4.69, 9.17) is 0 Å². The number of rotatable bonds is 4. The number of alkyl halides is 1. The molecule has 3 aromatic heterocycles. The Morgan fingerprint density at radius 3 is 2.87 bits per heavy atom. The van der Waals surface area contributed by atoms with Crippen molar-refractivity contribution in [1.82, 2.24) is 24.7 Å². The Hall–Kier alpha value is -2.79. The number of hydrogen-bond donors (Lipinski definition) is 2. The first kappa shape index (κ1) is 19.2. The van der Waals surface area contributed by atoms with E-state index >= 15 is 0 Å². The van der Waals surface area contributed by atoms with Crippen LogP contribution in [0.3, 0.4) is 0 Å². The number of fused-ring (bicyclic) bond motifs is 1. The van der Waals surface area contributed by atoms with Crippen LogP contribution in [0.2, 0.25) is 0 Å². The first-order valence-electron chi connectivity index (χ1n) is 9.93. The number of anilines is 2. The molecule has 2 aliphatic heterocycles. The van der Waals surface area contributed by atoms with E-state index in [1.165, 1.54) is 4.31 Å². The molecule has 3 aromatic rings. The van der Waals surface area contributed by atoms with Crippen molar-refractivity contribution < 1.29 is 12.8 Å². The molecule has 0 saturated carbocycles. The molecule has 158 valence electrons. The molecule has 2 atom stereocenters. The molecule has 11 heteroatoms. The highest BCUT2D eigenvalue weighted by Gasteiger charge is 2.28. The first-order chi connectivity index (χ1) is 14.5. The molecule has 2 aliphatic rings. The lowest BCUT2D eigenvalue weighted by Gasteiger charge is -2.27. The highest BCUT2D eigenvalue weighted by molar-refractivity contribution is 7.92. The van der Waals surface area contributed by atoms with Crippen LogP contribution in [0.4, 0.5) is 16.0 Å². The molecular weight excluding hydrogens is 409 g/mol. The Kier molecular flexibility index (Phi) is 4.78. The fourth-order valence-electron chi connectivity index (χ4n) is 3.88. The molecule has 5 heterocycles. The van der Waals surface area contributed by atoms with Gasteiger partial charge in [0, 0.05) is 19.6 Å². The minimum atomic E-state index is -3.36. The van der Waals surface area contributed by atoms with Crippen molar-refractivity contribution in [3.8, 4) is 11.4 Å². The summed E-state index contributed by atoms with van der Waals surface area (Å²) in [7, 11) is -3.36. The Balaban J connectivity index is 1.50. The smallest absolute Gasteiger partial charge is 0.236 e. The van der Waals surface area contributed by atoms with Gasteiger partial charge in [-0.05, 0) is 25.0 Å². The molecule has 0 spiro atoms. The molecule has 0 radical (unpaired) electrons. The van der Waals surface area contributed by atoms with Crippen LogP contribution in [-0.4, -0.2) is 65.4 Å². The SMILES string of the molecule is O=S1(=O)CCCCN1c1cn2c(-c3cccc(N[C@H]4CNC[C@@H]4F)n3)cnc2cn1. The normalized spacial score (nSPS) is 23.7. The van der Waals surface area contributed by atoms with E-state index < -0.39 is 16.2 Å². The molecular formula is C19H22FN7O2S. The molecule has 9 nitrogen and oxygen atoms in total. The van der Waals surface area contributed by atoms with Crippen LogP contribution in [0.15, 0.2) is 36.8 Å². The van der Waals surface area contributed by atoms with Crippen molar-refractivity contribution in [2.75, 3.05) is 35.0 Å². The number of aromatic nitrogens is 4. The summed E-state index contributed by atoms with van der Waals surface area (Å²) in [6.07, 6.45) is 5.41. The van der Waals surface area contributed by atoms with Gasteiger partial charge in [-0.1, -0.05) is 6.07 Å². The molecule has 0 bridgehead atoms. The van der Waals surface area contributed by atoms with Crippen LogP contribution in [0.5, 0.6) is 0 Å². The lowest BCUT2D eigenvalue weighted by Crippen LogP contribution is -2.38. The minimum absolute atomic E-state index is 0.129. The second-order valence-corrected chi connectivity index (χ2v) is 9.56. The van der Waals surface area contributed by atoms with Gasteiger partial charge < -0.3 is 10.6 Å². The Morgan fingerprint density at radius 1 is 1.17 bits per heavy atom. The van der Waals surface area contributed by atoms with E-state index in [2.05, 4.69) is 25.6 Å². The summed E-state index contributed by atoms with van der Waals surface area (Å²) in [4.78, 5) is 13.3. The van der Waals surface area contributed by atoms with Crippen LogP contribution >= 0.6 is 0 Å². The van der Waals surface area contributed by atoms with Gasteiger partial charge in [-0.25, -0.2) is 27.8 Å². The molecule has 0 aliphatic carbocycles. The molecule has 0 aromatic carbocycles. The summed E-state index contributed by atoms with van der Waals surface area (Å²) >= 11 is 0. The Labute approximate surface area is 173 Å². The first-order valence-corrected chi connectivity index (χ1v) is 11.5. The molecule has 2 N–H and O–H groups in total. The van der Waals surface area contributed by atoms with Gasteiger partial charge in [-0.3, -0.25) is 8.71 Å². The Bertz CT molecular complexity index is 1180. The highest BCUT2D eigenvalue weighted by atomic mass is 32.2. The van der Waals surface area contributed by atoms with E-state index in [0.717, 1.165) is 6.42 Å². The zero-order valence-electron chi connectivity index (χ0n) is 16.2. The van der Waals surface area contributed by atoms with Crippen LogP contribution in [-0.2, 0) is 10.0 Å².